The molecule has 3 heteroatoms. The summed E-state index contributed by atoms with van der Waals surface area (Å²) in [4.78, 5) is 0. The lowest BCUT2D eigenvalue weighted by atomic mass is 10.0. The van der Waals surface area contributed by atoms with Crippen molar-refractivity contribution in [3.8, 4) is 0 Å². The fourth-order valence-electron chi connectivity index (χ4n) is 1.61. The van der Waals surface area contributed by atoms with Crippen LogP contribution in [-0.2, 0) is 0 Å². The van der Waals surface area contributed by atoms with E-state index in [-0.39, 0.29) is 6.04 Å². The molecule has 0 saturated carbocycles. The van der Waals surface area contributed by atoms with Crippen molar-refractivity contribution in [2.45, 2.75) is 13.0 Å². The van der Waals surface area contributed by atoms with E-state index in [1.54, 1.807) is 6.26 Å². The van der Waals surface area contributed by atoms with E-state index in [0.29, 0.717) is 5.02 Å². The third-order valence-electron chi connectivity index (χ3n) is 2.47. The van der Waals surface area contributed by atoms with Crippen molar-refractivity contribution in [1.82, 2.24) is 0 Å². The minimum absolute atomic E-state index is 0.225. The Morgan fingerprint density at radius 3 is 2.53 bits per heavy atom. The molecule has 2 N–H and O–H groups in total. The maximum Gasteiger partial charge on any atom is 0.105 e. The van der Waals surface area contributed by atoms with E-state index in [0.717, 1.165) is 16.9 Å². The molecule has 1 heterocycles. The third kappa shape index (κ3) is 1.91. The zero-order valence-electron chi connectivity index (χ0n) is 8.41. The van der Waals surface area contributed by atoms with Crippen LogP contribution in [0.3, 0.4) is 0 Å². The van der Waals surface area contributed by atoms with Crippen LogP contribution in [0.25, 0.3) is 0 Å². The highest BCUT2D eigenvalue weighted by Gasteiger charge is 2.15. The molecule has 1 atom stereocenters. The second-order valence-electron chi connectivity index (χ2n) is 3.43. The molecular weight excluding hydrogens is 210 g/mol. The topological polar surface area (TPSA) is 39.2 Å². The molecule has 78 valence electrons. The molecule has 0 radical (unpaired) electrons. The van der Waals surface area contributed by atoms with Crippen LogP contribution >= 0.6 is 11.6 Å². The zero-order chi connectivity index (χ0) is 10.8. The van der Waals surface area contributed by atoms with Gasteiger partial charge in [-0.25, -0.2) is 0 Å². The van der Waals surface area contributed by atoms with Gasteiger partial charge in [0.05, 0.1) is 12.3 Å². The molecule has 2 rings (SSSR count). The largest absolute Gasteiger partial charge is 0.469 e. The highest BCUT2D eigenvalue weighted by atomic mass is 35.5. The molecule has 0 aliphatic carbocycles. The zero-order valence-corrected chi connectivity index (χ0v) is 9.16. The van der Waals surface area contributed by atoms with Crippen LogP contribution in [-0.4, -0.2) is 0 Å². The summed E-state index contributed by atoms with van der Waals surface area (Å²) in [6.45, 7) is 1.89. The van der Waals surface area contributed by atoms with Crippen molar-refractivity contribution < 1.29 is 4.42 Å². The lowest BCUT2D eigenvalue weighted by Crippen LogP contribution is -2.12. The van der Waals surface area contributed by atoms with E-state index < -0.39 is 0 Å². The Hall–Kier alpha value is -1.25. The fourth-order valence-corrected chi connectivity index (χ4v) is 1.87. The molecule has 15 heavy (non-hydrogen) atoms. The Kier molecular flexibility index (Phi) is 2.80. The molecule has 2 nitrogen and oxygen atoms in total. The lowest BCUT2D eigenvalue weighted by Gasteiger charge is -2.12. The van der Waals surface area contributed by atoms with Crippen molar-refractivity contribution in [2.24, 2.45) is 5.73 Å². The van der Waals surface area contributed by atoms with E-state index in [1.165, 1.54) is 0 Å². The maximum absolute atomic E-state index is 6.12. The van der Waals surface area contributed by atoms with Gasteiger partial charge in [0.1, 0.15) is 5.76 Å². The van der Waals surface area contributed by atoms with Crippen LogP contribution in [0.2, 0.25) is 5.02 Å². The Labute approximate surface area is 93.7 Å². The Balaban J connectivity index is 2.41. The van der Waals surface area contributed by atoms with Gasteiger partial charge in [0.2, 0.25) is 0 Å². The summed E-state index contributed by atoms with van der Waals surface area (Å²) in [6.07, 6.45) is 1.64. The molecule has 0 aliphatic heterocycles. The number of rotatable bonds is 2. The van der Waals surface area contributed by atoms with Crippen LogP contribution in [0, 0.1) is 6.92 Å². The van der Waals surface area contributed by atoms with Crippen LogP contribution in [0.15, 0.2) is 41.0 Å². The van der Waals surface area contributed by atoms with Crippen molar-refractivity contribution in [1.29, 1.82) is 0 Å². The van der Waals surface area contributed by atoms with Gasteiger partial charge in [-0.1, -0.05) is 29.8 Å². The van der Waals surface area contributed by atoms with Crippen molar-refractivity contribution in [3.05, 3.63) is 58.5 Å². The van der Waals surface area contributed by atoms with Crippen molar-refractivity contribution >= 4 is 11.6 Å². The normalized spacial score (nSPS) is 12.7. The third-order valence-corrected chi connectivity index (χ3v) is 2.82. The average Bonchev–Trinajstić information content (AvgIpc) is 2.64. The predicted molar refractivity (Wildman–Crippen MR) is 60.9 cm³/mol. The van der Waals surface area contributed by atoms with E-state index in [2.05, 4.69) is 0 Å². The molecule has 0 amide bonds. The van der Waals surface area contributed by atoms with Crippen LogP contribution < -0.4 is 5.73 Å². The van der Waals surface area contributed by atoms with E-state index >= 15 is 0 Å². The van der Waals surface area contributed by atoms with Crippen LogP contribution in [0.1, 0.15) is 22.9 Å². The molecule has 0 saturated heterocycles. The maximum atomic E-state index is 6.12. The molecule has 2 aromatic rings. The first-order valence-corrected chi connectivity index (χ1v) is 5.12. The minimum Gasteiger partial charge on any atom is -0.469 e. The van der Waals surface area contributed by atoms with Gasteiger partial charge >= 0.3 is 0 Å². The quantitative estimate of drug-likeness (QED) is 0.845. The lowest BCUT2D eigenvalue weighted by molar-refractivity contribution is 0.527. The number of nitrogens with two attached hydrogens (primary N) is 1. The summed E-state index contributed by atoms with van der Waals surface area (Å²) in [5, 5.41) is 0.686. The first kappa shape index (κ1) is 10.3. The second kappa shape index (κ2) is 4.09. The summed E-state index contributed by atoms with van der Waals surface area (Å²) < 4.78 is 5.22. The van der Waals surface area contributed by atoms with Gasteiger partial charge in [-0.2, -0.15) is 0 Å². The minimum atomic E-state index is -0.225. The molecule has 0 bridgehead atoms. The van der Waals surface area contributed by atoms with Gasteiger partial charge in [-0.05, 0) is 24.6 Å². The summed E-state index contributed by atoms with van der Waals surface area (Å²) in [7, 11) is 0. The van der Waals surface area contributed by atoms with Gasteiger partial charge in [-0.15, -0.1) is 0 Å². The van der Waals surface area contributed by atoms with Gasteiger partial charge in [0, 0.05) is 10.6 Å². The predicted octanol–water partition coefficient (Wildman–Crippen LogP) is 3.29. The van der Waals surface area contributed by atoms with E-state index in [4.69, 9.17) is 21.8 Å². The number of hydrogen-bond donors (Lipinski definition) is 1. The summed E-state index contributed by atoms with van der Waals surface area (Å²) in [6, 6.07) is 9.24. The Morgan fingerprint density at radius 2 is 1.93 bits per heavy atom. The van der Waals surface area contributed by atoms with Crippen molar-refractivity contribution in [2.75, 3.05) is 0 Å². The highest BCUT2D eigenvalue weighted by Crippen LogP contribution is 2.28. The average molecular weight is 222 g/mol. The van der Waals surface area contributed by atoms with Gasteiger partial charge in [-0.3, -0.25) is 0 Å². The van der Waals surface area contributed by atoms with E-state index in [1.807, 2.05) is 37.3 Å². The monoisotopic (exact) mass is 221 g/mol. The number of furan rings is 1. The molecule has 1 aromatic heterocycles. The number of benzene rings is 1. The Morgan fingerprint density at radius 1 is 1.20 bits per heavy atom. The van der Waals surface area contributed by atoms with E-state index in [9.17, 15) is 0 Å². The smallest absolute Gasteiger partial charge is 0.105 e. The first-order valence-electron chi connectivity index (χ1n) is 4.74. The Bertz CT molecular complexity index is 464. The SMILES string of the molecule is Cc1occc1C(N)c1ccccc1Cl. The van der Waals surface area contributed by atoms with Crippen LogP contribution in [0.5, 0.6) is 0 Å². The van der Waals surface area contributed by atoms with Crippen molar-refractivity contribution in [3.63, 3.8) is 0 Å². The summed E-state index contributed by atoms with van der Waals surface area (Å²) in [5.74, 6) is 0.836. The highest BCUT2D eigenvalue weighted by molar-refractivity contribution is 6.31. The number of aryl methyl sites for hydroxylation is 1. The molecule has 0 aliphatic rings. The standard InChI is InChI=1S/C12H12ClNO/c1-8-9(6-7-15-8)12(14)10-4-2-3-5-11(10)13/h2-7,12H,14H2,1H3. The summed E-state index contributed by atoms with van der Waals surface area (Å²) in [5.41, 5.74) is 8.01. The molecule has 0 spiro atoms. The molecule has 1 aromatic carbocycles. The van der Waals surface area contributed by atoms with Gasteiger partial charge in [0.25, 0.3) is 0 Å². The molecule has 0 fully saturated rings. The van der Waals surface area contributed by atoms with Gasteiger partial charge in [0.15, 0.2) is 0 Å². The second-order valence-corrected chi connectivity index (χ2v) is 3.84. The fraction of sp³-hybridized carbons (Fsp3) is 0.167. The first-order chi connectivity index (χ1) is 7.20. The molecular formula is C12H12ClNO. The van der Waals surface area contributed by atoms with Gasteiger partial charge < -0.3 is 10.2 Å². The molecule has 1 unspecified atom stereocenters. The number of hydrogen-bond acceptors (Lipinski definition) is 2. The van der Waals surface area contributed by atoms with Crippen LogP contribution in [0.4, 0.5) is 0 Å². The number of halogens is 1. The summed E-state index contributed by atoms with van der Waals surface area (Å²) >= 11 is 6.08.